The highest BCUT2D eigenvalue weighted by atomic mass is 16.4. The molecule has 0 aromatic carbocycles. The van der Waals surface area contributed by atoms with Crippen LogP contribution >= 0.6 is 0 Å². The van der Waals surface area contributed by atoms with Crippen molar-refractivity contribution in [2.24, 2.45) is 5.92 Å². The second kappa shape index (κ2) is 5.97. The lowest BCUT2D eigenvalue weighted by Crippen LogP contribution is -2.44. The Bertz CT molecular complexity index is 157. The molecule has 0 rings (SSSR count). The number of likely N-dealkylation sites (N-methyl/N-ethyl adjacent to an activating group) is 1. The van der Waals surface area contributed by atoms with Gasteiger partial charge in [0.15, 0.2) is 0 Å². The lowest BCUT2D eigenvalue weighted by molar-refractivity contribution is -0.145. The van der Waals surface area contributed by atoms with E-state index in [0.29, 0.717) is 0 Å². The van der Waals surface area contributed by atoms with E-state index in [-0.39, 0.29) is 12.0 Å². The Morgan fingerprint density at radius 2 is 1.92 bits per heavy atom. The number of carboxylic acids is 1. The third kappa shape index (κ3) is 3.77. The number of hydrogen-bond donors (Lipinski definition) is 1. The first kappa shape index (κ1) is 12.4. The fourth-order valence-corrected chi connectivity index (χ4v) is 1.64. The predicted octanol–water partition coefficient (Wildman–Crippen LogP) is 1.83. The van der Waals surface area contributed by atoms with Gasteiger partial charge >= 0.3 is 5.97 Å². The highest BCUT2D eigenvalue weighted by molar-refractivity contribution is 5.73. The minimum atomic E-state index is -0.703. The van der Waals surface area contributed by atoms with Crippen molar-refractivity contribution in [1.29, 1.82) is 0 Å². The summed E-state index contributed by atoms with van der Waals surface area (Å²) in [5.74, 6) is -0.533. The summed E-state index contributed by atoms with van der Waals surface area (Å²) in [6, 6.07) is -0.329. The molecule has 0 heterocycles. The van der Waals surface area contributed by atoms with Gasteiger partial charge in [-0.25, -0.2) is 0 Å². The van der Waals surface area contributed by atoms with E-state index in [1.54, 1.807) is 0 Å². The normalized spacial score (nSPS) is 13.7. The van der Waals surface area contributed by atoms with Gasteiger partial charge in [-0.3, -0.25) is 9.69 Å². The lowest BCUT2D eigenvalue weighted by atomic mass is 10.0. The van der Waals surface area contributed by atoms with Gasteiger partial charge in [-0.15, -0.1) is 0 Å². The Morgan fingerprint density at radius 1 is 1.38 bits per heavy atom. The Kier molecular flexibility index (Phi) is 5.71. The molecule has 0 saturated heterocycles. The third-order valence-electron chi connectivity index (χ3n) is 2.19. The zero-order chi connectivity index (χ0) is 10.4. The second-order valence-electron chi connectivity index (χ2n) is 3.66. The van der Waals surface area contributed by atoms with Crippen molar-refractivity contribution in [1.82, 2.24) is 4.90 Å². The van der Waals surface area contributed by atoms with Gasteiger partial charge in [0.2, 0.25) is 0 Å². The van der Waals surface area contributed by atoms with Crippen LogP contribution in [-0.2, 0) is 4.79 Å². The van der Waals surface area contributed by atoms with E-state index < -0.39 is 5.97 Å². The van der Waals surface area contributed by atoms with Crippen molar-refractivity contribution in [3.05, 3.63) is 0 Å². The molecule has 78 valence electrons. The zero-order valence-electron chi connectivity index (χ0n) is 9.08. The van der Waals surface area contributed by atoms with E-state index in [9.17, 15) is 4.79 Å². The molecule has 0 aliphatic rings. The Morgan fingerprint density at radius 3 is 2.15 bits per heavy atom. The van der Waals surface area contributed by atoms with Crippen molar-refractivity contribution < 1.29 is 9.90 Å². The standard InChI is InChI=1S/C10H21NO2/c1-5-7-11(6-2)9(8(3)4)10(12)13/h8-9H,5-7H2,1-4H3,(H,12,13). The van der Waals surface area contributed by atoms with Gasteiger partial charge < -0.3 is 5.11 Å². The molecule has 1 atom stereocenters. The maximum absolute atomic E-state index is 11.0. The summed E-state index contributed by atoms with van der Waals surface area (Å²) in [7, 11) is 0. The number of rotatable bonds is 6. The van der Waals surface area contributed by atoms with Gasteiger partial charge in [0.25, 0.3) is 0 Å². The summed E-state index contributed by atoms with van der Waals surface area (Å²) in [5.41, 5.74) is 0. The monoisotopic (exact) mass is 187 g/mol. The van der Waals surface area contributed by atoms with Crippen LogP contribution in [0.2, 0.25) is 0 Å². The molecule has 0 spiro atoms. The average molecular weight is 187 g/mol. The van der Waals surface area contributed by atoms with E-state index >= 15 is 0 Å². The SMILES string of the molecule is CCCN(CC)C(C(=O)O)C(C)C. The van der Waals surface area contributed by atoms with Gasteiger partial charge in [0.05, 0.1) is 0 Å². The number of nitrogens with zero attached hydrogens (tertiary/aromatic N) is 1. The Balaban J connectivity index is 4.39. The summed E-state index contributed by atoms with van der Waals surface area (Å²) < 4.78 is 0. The van der Waals surface area contributed by atoms with Crippen LogP contribution < -0.4 is 0 Å². The summed E-state index contributed by atoms with van der Waals surface area (Å²) in [6.45, 7) is 9.67. The molecule has 0 radical (unpaired) electrons. The number of aliphatic carboxylic acids is 1. The average Bonchev–Trinajstić information content (AvgIpc) is 2.02. The van der Waals surface area contributed by atoms with E-state index in [1.165, 1.54) is 0 Å². The van der Waals surface area contributed by atoms with Crippen LogP contribution in [0.5, 0.6) is 0 Å². The molecule has 0 aliphatic heterocycles. The molecule has 0 saturated carbocycles. The van der Waals surface area contributed by atoms with Gasteiger partial charge in [-0.1, -0.05) is 27.7 Å². The van der Waals surface area contributed by atoms with Crippen molar-refractivity contribution in [2.45, 2.75) is 40.2 Å². The van der Waals surface area contributed by atoms with Gasteiger partial charge in [0, 0.05) is 0 Å². The van der Waals surface area contributed by atoms with E-state index in [0.717, 1.165) is 19.5 Å². The van der Waals surface area contributed by atoms with Crippen LogP contribution in [0.4, 0.5) is 0 Å². The van der Waals surface area contributed by atoms with Crippen molar-refractivity contribution in [3.63, 3.8) is 0 Å². The highest BCUT2D eigenvalue weighted by Gasteiger charge is 2.26. The molecule has 0 bridgehead atoms. The third-order valence-corrected chi connectivity index (χ3v) is 2.19. The first-order valence-electron chi connectivity index (χ1n) is 5.01. The van der Waals surface area contributed by atoms with Crippen LogP contribution in [0.1, 0.15) is 34.1 Å². The van der Waals surface area contributed by atoms with Crippen LogP contribution in [0.3, 0.4) is 0 Å². The highest BCUT2D eigenvalue weighted by Crippen LogP contribution is 2.11. The minimum absolute atomic E-state index is 0.170. The Hall–Kier alpha value is -0.570. The van der Waals surface area contributed by atoms with Crippen LogP contribution in [0, 0.1) is 5.92 Å². The zero-order valence-corrected chi connectivity index (χ0v) is 9.08. The molecular weight excluding hydrogens is 166 g/mol. The summed E-state index contributed by atoms with van der Waals surface area (Å²) >= 11 is 0. The van der Waals surface area contributed by atoms with Gasteiger partial charge in [-0.05, 0) is 25.4 Å². The maximum Gasteiger partial charge on any atom is 0.321 e. The van der Waals surface area contributed by atoms with Crippen molar-refractivity contribution >= 4 is 5.97 Å². The number of hydrogen-bond acceptors (Lipinski definition) is 2. The van der Waals surface area contributed by atoms with E-state index in [4.69, 9.17) is 5.11 Å². The molecule has 0 fully saturated rings. The molecular formula is C10H21NO2. The largest absolute Gasteiger partial charge is 0.480 e. The first-order valence-corrected chi connectivity index (χ1v) is 5.01. The first-order chi connectivity index (χ1) is 6.04. The predicted molar refractivity (Wildman–Crippen MR) is 53.8 cm³/mol. The van der Waals surface area contributed by atoms with E-state index in [2.05, 4.69) is 6.92 Å². The smallest absolute Gasteiger partial charge is 0.321 e. The van der Waals surface area contributed by atoms with E-state index in [1.807, 2.05) is 25.7 Å². The molecule has 1 unspecified atom stereocenters. The molecule has 3 heteroatoms. The van der Waals surface area contributed by atoms with Crippen LogP contribution in [0.15, 0.2) is 0 Å². The van der Waals surface area contributed by atoms with Crippen molar-refractivity contribution in [2.75, 3.05) is 13.1 Å². The topological polar surface area (TPSA) is 40.5 Å². The molecule has 0 amide bonds. The van der Waals surface area contributed by atoms with Crippen LogP contribution in [0.25, 0.3) is 0 Å². The quantitative estimate of drug-likeness (QED) is 0.689. The van der Waals surface area contributed by atoms with Crippen molar-refractivity contribution in [3.8, 4) is 0 Å². The molecule has 0 aromatic rings. The molecule has 1 N–H and O–H groups in total. The Labute approximate surface area is 80.7 Å². The molecule has 0 aliphatic carbocycles. The summed E-state index contributed by atoms with van der Waals surface area (Å²) in [4.78, 5) is 13.0. The van der Waals surface area contributed by atoms with Crippen LogP contribution in [-0.4, -0.2) is 35.1 Å². The molecule has 0 aromatic heterocycles. The lowest BCUT2D eigenvalue weighted by Gasteiger charge is -2.29. The molecule has 3 nitrogen and oxygen atoms in total. The minimum Gasteiger partial charge on any atom is -0.480 e. The van der Waals surface area contributed by atoms with Gasteiger partial charge in [-0.2, -0.15) is 0 Å². The summed E-state index contributed by atoms with van der Waals surface area (Å²) in [5, 5.41) is 9.03. The fraction of sp³-hybridized carbons (Fsp3) is 0.900. The molecule has 13 heavy (non-hydrogen) atoms. The number of carboxylic acid groups (broad SMARTS) is 1. The number of carbonyl (C=O) groups is 1. The second-order valence-corrected chi connectivity index (χ2v) is 3.66. The van der Waals surface area contributed by atoms with Gasteiger partial charge in [0.1, 0.15) is 6.04 Å². The maximum atomic E-state index is 11.0. The fourth-order valence-electron chi connectivity index (χ4n) is 1.64. The summed E-state index contributed by atoms with van der Waals surface area (Å²) in [6.07, 6.45) is 1.00.